The van der Waals surface area contributed by atoms with Crippen molar-refractivity contribution in [3.63, 3.8) is 0 Å². The summed E-state index contributed by atoms with van der Waals surface area (Å²) in [5, 5.41) is 0. The maximum atomic E-state index is 11.6. The van der Waals surface area contributed by atoms with Crippen LogP contribution in [-0.2, 0) is 4.74 Å². The third kappa shape index (κ3) is 4.13. The molecular formula is C21H20N2O3. The zero-order chi connectivity index (χ0) is 18.4. The van der Waals surface area contributed by atoms with Gasteiger partial charge >= 0.3 is 6.16 Å². The molecule has 0 amide bonds. The Bertz CT molecular complexity index is 864. The van der Waals surface area contributed by atoms with Crippen LogP contribution < -0.4 is 15.4 Å². The molecule has 0 aromatic heterocycles. The molecule has 0 bridgehead atoms. The molecule has 0 aliphatic heterocycles. The number of hydrogen-bond donors (Lipinski definition) is 1. The van der Waals surface area contributed by atoms with Crippen molar-refractivity contribution in [2.75, 3.05) is 17.2 Å². The fourth-order valence-corrected chi connectivity index (χ4v) is 2.58. The molecule has 0 unspecified atom stereocenters. The summed E-state index contributed by atoms with van der Waals surface area (Å²) in [6.07, 6.45) is -0.719. The second kappa shape index (κ2) is 8.07. The third-order valence-corrected chi connectivity index (χ3v) is 3.70. The van der Waals surface area contributed by atoms with Crippen LogP contribution in [0.5, 0.6) is 5.75 Å². The summed E-state index contributed by atoms with van der Waals surface area (Å²) in [6, 6.07) is 24.8. The van der Waals surface area contributed by atoms with Gasteiger partial charge in [0.25, 0.3) is 0 Å². The summed E-state index contributed by atoms with van der Waals surface area (Å²) < 4.78 is 10.1. The van der Waals surface area contributed by atoms with Crippen molar-refractivity contribution in [1.82, 2.24) is 0 Å². The lowest BCUT2D eigenvalue weighted by atomic mass is 10.2. The molecule has 2 N–H and O–H groups in total. The maximum Gasteiger partial charge on any atom is 0.513 e. The molecule has 5 heteroatoms. The van der Waals surface area contributed by atoms with Gasteiger partial charge in [-0.1, -0.05) is 24.3 Å². The first-order chi connectivity index (χ1) is 12.7. The first-order valence-corrected chi connectivity index (χ1v) is 8.33. The standard InChI is InChI=1S/C21H20N2O3/c1-2-25-21(24)26-20-10-6-9-19(15-20)23(17-7-4-3-5-8-17)18-13-11-16(22)12-14-18/h3-15H,2,22H2,1H3. The molecule has 3 rings (SSSR count). The molecule has 0 spiro atoms. The predicted molar refractivity (Wildman–Crippen MR) is 103 cm³/mol. The lowest BCUT2D eigenvalue weighted by molar-refractivity contribution is 0.104. The molecule has 0 fully saturated rings. The largest absolute Gasteiger partial charge is 0.513 e. The molecular weight excluding hydrogens is 328 g/mol. The van der Waals surface area contributed by atoms with E-state index in [0.717, 1.165) is 17.1 Å². The summed E-state index contributed by atoms with van der Waals surface area (Å²) in [6.45, 7) is 2.00. The van der Waals surface area contributed by atoms with Gasteiger partial charge in [-0.2, -0.15) is 0 Å². The highest BCUT2D eigenvalue weighted by Gasteiger charge is 2.14. The number of nitrogens with two attached hydrogens (primary N) is 1. The van der Waals surface area contributed by atoms with E-state index in [9.17, 15) is 4.79 Å². The van der Waals surface area contributed by atoms with Crippen LogP contribution in [0.15, 0.2) is 78.9 Å². The lowest BCUT2D eigenvalue weighted by Gasteiger charge is -2.25. The Morgan fingerprint density at radius 2 is 1.54 bits per heavy atom. The van der Waals surface area contributed by atoms with Gasteiger partial charge in [-0.15, -0.1) is 0 Å². The van der Waals surface area contributed by atoms with E-state index in [0.29, 0.717) is 11.4 Å². The lowest BCUT2D eigenvalue weighted by Crippen LogP contribution is -2.12. The Balaban J connectivity index is 1.99. The number of nitrogen functional groups attached to an aromatic ring is 1. The van der Waals surface area contributed by atoms with Gasteiger partial charge in [0.15, 0.2) is 0 Å². The van der Waals surface area contributed by atoms with Crippen LogP contribution in [0.25, 0.3) is 0 Å². The summed E-state index contributed by atoms with van der Waals surface area (Å²) in [5.74, 6) is 0.414. The van der Waals surface area contributed by atoms with Gasteiger partial charge in [-0.05, 0) is 55.5 Å². The molecule has 0 radical (unpaired) electrons. The zero-order valence-corrected chi connectivity index (χ0v) is 14.5. The van der Waals surface area contributed by atoms with Crippen molar-refractivity contribution < 1.29 is 14.3 Å². The van der Waals surface area contributed by atoms with E-state index in [4.69, 9.17) is 15.2 Å². The van der Waals surface area contributed by atoms with Crippen molar-refractivity contribution in [3.8, 4) is 5.75 Å². The topological polar surface area (TPSA) is 64.8 Å². The SMILES string of the molecule is CCOC(=O)Oc1cccc(N(c2ccccc2)c2ccc(N)cc2)c1. The second-order valence-corrected chi connectivity index (χ2v) is 5.54. The van der Waals surface area contributed by atoms with Crippen LogP contribution in [0.3, 0.4) is 0 Å². The van der Waals surface area contributed by atoms with Crippen molar-refractivity contribution in [2.45, 2.75) is 6.92 Å². The van der Waals surface area contributed by atoms with Crippen molar-refractivity contribution >= 4 is 28.9 Å². The molecule has 0 aliphatic carbocycles. The Labute approximate surface area is 152 Å². The van der Waals surface area contributed by atoms with Crippen molar-refractivity contribution in [1.29, 1.82) is 0 Å². The number of nitrogens with zero attached hydrogens (tertiary/aromatic N) is 1. The number of carbonyl (C=O) groups excluding carboxylic acids is 1. The molecule has 0 aliphatic rings. The number of rotatable bonds is 5. The molecule has 3 aromatic rings. The van der Waals surface area contributed by atoms with E-state index in [1.807, 2.05) is 66.7 Å². The summed E-state index contributed by atoms with van der Waals surface area (Å²) in [7, 11) is 0. The fraction of sp³-hybridized carbons (Fsp3) is 0.0952. The van der Waals surface area contributed by atoms with Gasteiger partial charge in [0, 0.05) is 28.8 Å². The predicted octanol–water partition coefficient (Wildman–Crippen LogP) is 5.27. The maximum absolute atomic E-state index is 11.6. The molecule has 0 saturated carbocycles. The average molecular weight is 348 g/mol. The van der Waals surface area contributed by atoms with Gasteiger partial charge in [0.1, 0.15) is 5.75 Å². The molecule has 0 saturated heterocycles. The monoisotopic (exact) mass is 348 g/mol. The Kier molecular flexibility index (Phi) is 5.39. The minimum Gasteiger partial charge on any atom is -0.434 e. The van der Waals surface area contributed by atoms with Gasteiger partial charge in [-0.25, -0.2) is 4.79 Å². The van der Waals surface area contributed by atoms with Gasteiger partial charge in [0.05, 0.1) is 6.61 Å². The van der Waals surface area contributed by atoms with Crippen LogP contribution in [-0.4, -0.2) is 12.8 Å². The molecule has 3 aromatic carbocycles. The zero-order valence-electron chi connectivity index (χ0n) is 14.5. The molecule has 26 heavy (non-hydrogen) atoms. The molecule has 132 valence electrons. The van der Waals surface area contributed by atoms with Gasteiger partial charge < -0.3 is 20.1 Å². The minimum atomic E-state index is -0.719. The Morgan fingerprint density at radius 1 is 0.885 bits per heavy atom. The van der Waals surface area contributed by atoms with Crippen LogP contribution in [0, 0.1) is 0 Å². The molecule has 5 nitrogen and oxygen atoms in total. The third-order valence-electron chi connectivity index (χ3n) is 3.70. The smallest absolute Gasteiger partial charge is 0.434 e. The Hall–Kier alpha value is -3.47. The van der Waals surface area contributed by atoms with E-state index in [-0.39, 0.29) is 6.61 Å². The Morgan fingerprint density at radius 3 is 2.23 bits per heavy atom. The van der Waals surface area contributed by atoms with Gasteiger partial charge in [-0.3, -0.25) is 0 Å². The number of benzene rings is 3. The van der Waals surface area contributed by atoms with E-state index >= 15 is 0 Å². The summed E-state index contributed by atoms with van der Waals surface area (Å²) in [4.78, 5) is 13.7. The van der Waals surface area contributed by atoms with Gasteiger partial charge in [0.2, 0.25) is 0 Å². The highest BCUT2D eigenvalue weighted by molar-refractivity contribution is 5.78. The van der Waals surface area contributed by atoms with Crippen LogP contribution in [0.2, 0.25) is 0 Å². The molecule has 0 heterocycles. The average Bonchev–Trinajstić information content (AvgIpc) is 2.65. The first kappa shape index (κ1) is 17.4. The van der Waals surface area contributed by atoms with E-state index in [1.54, 1.807) is 19.1 Å². The summed E-state index contributed by atoms with van der Waals surface area (Å²) >= 11 is 0. The van der Waals surface area contributed by atoms with Crippen LogP contribution in [0.1, 0.15) is 6.92 Å². The minimum absolute atomic E-state index is 0.264. The number of carbonyl (C=O) groups is 1. The second-order valence-electron chi connectivity index (χ2n) is 5.54. The molecule has 0 atom stereocenters. The van der Waals surface area contributed by atoms with E-state index in [1.165, 1.54) is 0 Å². The van der Waals surface area contributed by atoms with E-state index in [2.05, 4.69) is 4.90 Å². The number of para-hydroxylation sites is 1. The fourth-order valence-electron chi connectivity index (χ4n) is 2.58. The highest BCUT2D eigenvalue weighted by atomic mass is 16.7. The van der Waals surface area contributed by atoms with Crippen LogP contribution in [0.4, 0.5) is 27.5 Å². The number of hydrogen-bond acceptors (Lipinski definition) is 5. The summed E-state index contributed by atoms with van der Waals surface area (Å²) in [5.41, 5.74) is 9.29. The van der Waals surface area contributed by atoms with E-state index < -0.39 is 6.16 Å². The van der Waals surface area contributed by atoms with Crippen molar-refractivity contribution in [2.24, 2.45) is 0 Å². The number of anilines is 4. The normalized spacial score (nSPS) is 10.2. The first-order valence-electron chi connectivity index (χ1n) is 8.33. The quantitative estimate of drug-likeness (QED) is 0.386. The number of ether oxygens (including phenoxy) is 2. The van der Waals surface area contributed by atoms with Crippen molar-refractivity contribution in [3.05, 3.63) is 78.9 Å². The van der Waals surface area contributed by atoms with Crippen LogP contribution >= 0.6 is 0 Å². The highest BCUT2D eigenvalue weighted by Crippen LogP contribution is 2.36.